The Hall–Kier alpha value is -4.28. The molecule has 0 atom stereocenters. The molecule has 42 heavy (non-hydrogen) atoms. The summed E-state index contributed by atoms with van der Waals surface area (Å²) >= 11 is 6.71. The molecule has 0 unspecified atom stereocenters. The molecule has 10 nitrogen and oxygen atoms in total. The number of halogens is 1. The van der Waals surface area contributed by atoms with E-state index in [0.717, 1.165) is 66.9 Å². The van der Waals surface area contributed by atoms with E-state index in [9.17, 15) is 4.79 Å². The number of ether oxygens (including phenoxy) is 1. The first-order chi connectivity index (χ1) is 20.5. The van der Waals surface area contributed by atoms with Crippen molar-refractivity contribution in [2.75, 3.05) is 18.4 Å². The van der Waals surface area contributed by atoms with Crippen molar-refractivity contribution in [3.8, 4) is 28.3 Å². The number of nitrogens with one attached hydrogen (secondary N) is 2. The highest BCUT2D eigenvalue weighted by molar-refractivity contribution is 6.33. The molecule has 2 aliphatic rings. The van der Waals surface area contributed by atoms with Gasteiger partial charge in [-0.2, -0.15) is 4.98 Å². The Morgan fingerprint density at radius 3 is 2.57 bits per heavy atom. The highest BCUT2D eigenvalue weighted by Gasteiger charge is 2.25. The molecule has 0 radical (unpaired) electrons. The molecule has 1 saturated heterocycles. The highest BCUT2D eigenvalue weighted by Crippen LogP contribution is 2.33. The summed E-state index contributed by atoms with van der Waals surface area (Å²) < 4.78 is 9.76. The molecule has 0 spiro atoms. The smallest absolute Gasteiger partial charge is 0.261 e. The Morgan fingerprint density at radius 1 is 1.05 bits per heavy atom. The first kappa shape index (κ1) is 26.6. The standard InChI is InChI=1S/C31H31ClN8O2/c1-39-18-34-16-27(39)20-13-26(32)28(35-14-20)25-12-21-15-36-31(38-29(21)40(30(25)41)17-19-2-3-19)37-22-4-6-23(7-5-22)42-24-8-10-33-11-9-24/h4-7,12-16,18-19,24,33H,2-3,8-11,17H2,1H3,(H,36,37,38). The summed E-state index contributed by atoms with van der Waals surface area (Å²) in [4.78, 5) is 32.0. The Balaban J connectivity index is 1.19. The molecule has 1 saturated carbocycles. The van der Waals surface area contributed by atoms with Crippen LogP contribution in [0.2, 0.25) is 5.02 Å². The number of imidazole rings is 1. The van der Waals surface area contributed by atoms with Crippen LogP contribution >= 0.6 is 11.6 Å². The van der Waals surface area contributed by atoms with E-state index < -0.39 is 0 Å². The van der Waals surface area contributed by atoms with E-state index in [1.54, 1.807) is 35.6 Å². The van der Waals surface area contributed by atoms with E-state index in [-0.39, 0.29) is 11.7 Å². The van der Waals surface area contributed by atoms with Gasteiger partial charge < -0.3 is 19.9 Å². The van der Waals surface area contributed by atoms with Crippen LogP contribution in [0.25, 0.3) is 33.5 Å². The van der Waals surface area contributed by atoms with Crippen molar-refractivity contribution in [2.45, 2.75) is 38.3 Å². The van der Waals surface area contributed by atoms with Crippen LogP contribution in [0.5, 0.6) is 5.75 Å². The van der Waals surface area contributed by atoms with Gasteiger partial charge in [0.1, 0.15) is 17.5 Å². The molecular formula is C31H31ClN8O2. The van der Waals surface area contributed by atoms with Crippen LogP contribution in [0.4, 0.5) is 11.6 Å². The monoisotopic (exact) mass is 582 g/mol. The second-order valence-corrected chi connectivity index (χ2v) is 11.5. The predicted octanol–water partition coefficient (Wildman–Crippen LogP) is 5.19. The van der Waals surface area contributed by atoms with Crippen LogP contribution < -0.4 is 20.9 Å². The van der Waals surface area contributed by atoms with E-state index >= 15 is 0 Å². The molecule has 1 aliphatic carbocycles. The van der Waals surface area contributed by atoms with Gasteiger partial charge in [0.15, 0.2) is 0 Å². The average Bonchev–Trinajstić information content (AvgIpc) is 3.73. The van der Waals surface area contributed by atoms with Gasteiger partial charge in [0, 0.05) is 42.6 Å². The van der Waals surface area contributed by atoms with E-state index in [1.807, 2.05) is 41.9 Å². The number of aromatic nitrogens is 6. The number of piperidine rings is 1. The zero-order valence-electron chi connectivity index (χ0n) is 23.3. The molecule has 7 rings (SSSR count). The number of pyridine rings is 2. The second-order valence-electron chi connectivity index (χ2n) is 11.1. The molecular weight excluding hydrogens is 552 g/mol. The molecule has 2 fully saturated rings. The SMILES string of the molecule is Cn1cncc1-c1cnc(-c2cc3cnc(Nc4ccc(OC5CCNCC5)cc4)nc3n(CC3CC3)c2=O)c(Cl)c1. The fourth-order valence-corrected chi connectivity index (χ4v) is 5.65. The lowest BCUT2D eigenvalue weighted by molar-refractivity contribution is 0.162. The van der Waals surface area contributed by atoms with Crippen molar-refractivity contribution in [2.24, 2.45) is 13.0 Å². The van der Waals surface area contributed by atoms with Gasteiger partial charge in [0.2, 0.25) is 5.95 Å². The van der Waals surface area contributed by atoms with Crippen molar-refractivity contribution in [3.63, 3.8) is 0 Å². The van der Waals surface area contributed by atoms with Crippen LogP contribution in [0.3, 0.4) is 0 Å². The normalized spacial score (nSPS) is 15.7. The maximum atomic E-state index is 13.9. The fraction of sp³-hybridized carbons (Fsp3) is 0.323. The van der Waals surface area contributed by atoms with Crippen LogP contribution in [-0.2, 0) is 13.6 Å². The number of aryl methyl sites for hydroxylation is 1. The number of hydrogen-bond donors (Lipinski definition) is 2. The van der Waals surface area contributed by atoms with E-state index in [0.29, 0.717) is 40.3 Å². The first-order valence-electron chi connectivity index (χ1n) is 14.3. The highest BCUT2D eigenvalue weighted by atomic mass is 35.5. The molecule has 4 aromatic heterocycles. The number of hydrogen-bond acceptors (Lipinski definition) is 8. The third-order valence-corrected chi connectivity index (χ3v) is 8.16. The summed E-state index contributed by atoms with van der Waals surface area (Å²) in [6.07, 6.45) is 11.4. The zero-order valence-corrected chi connectivity index (χ0v) is 24.0. The minimum atomic E-state index is -0.166. The Bertz CT molecular complexity index is 1810. The number of benzene rings is 1. The van der Waals surface area contributed by atoms with Gasteiger partial charge in [-0.15, -0.1) is 0 Å². The number of rotatable bonds is 8. The zero-order chi connectivity index (χ0) is 28.6. The van der Waals surface area contributed by atoms with Crippen LogP contribution in [0.15, 0.2) is 66.1 Å². The first-order valence-corrected chi connectivity index (χ1v) is 14.7. The van der Waals surface area contributed by atoms with Crippen LogP contribution in [-0.4, -0.2) is 48.3 Å². The summed E-state index contributed by atoms with van der Waals surface area (Å²) in [5, 5.41) is 7.78. The summed E-state index contributed by atoms with van der Waals surface area (Å²) in [6.45, 7) is 2.56. The van der Waals surface area contributed by atoms with E-state index in [2.05, 4.69) is 25.6 Å². The van der Waals surface area contributed by atoms with Crippen molar-refractivity contribution in [1.29, 1.82) is 0 Å². The average molecular weight is 583 g/mol. The summed E-state index contributed by atoms with van der Waals surface area (Å²) in [5.41, 5.74) is 3.84. The van der Waals surface area contributed by atoms with Crippen LogP contribution in [0.1, 0.15) is 25.7 Å². The molecule has 5 heterocycles. The third-order valence-electron chi connectivity index (χ3n) is 7.87. The maximum absolute atomic E-state index is 13.9. The van der Waals surface area contributed by atoms with E-state index in [1.165, 1.54) is 0 Å². The van der Waals surface area contributed by atoms with Gasteiger partial charge in [0.25, 0.3) is 5.56 Å². The number of fused-ring (bicyclic) bond motifs is 1. The lowest BCUT2D eigenvalue weighted by Crippen LogP contribution is -2.34. The fourth-order valence-electron chi connectivity index (χ4n) is 5.38. The maximum Gasteiger partial charge on any atom is 0.261 e. The van der Waals surface area contributed by atoms with Crippen molar-refractivity contribution in [3.05, 3.63) is 76.7 Å². The second kappa shape index (κ2) is 11.2. The summed E-state index contributed by atoms with van der Waals surface area (Å²) in [6, 6.07) is 11.4. The van der Waals surface area contributed by atoms with Gasteiger partial charge in [-0.1, -0.05) is 11.6 Å². The Labute approximate surface area is 247 Å². The van der Waals surface area contributed by atoms with Gasteiger partial charge in [-0.3, -0.25) is 14.3 Å². The lowest BCUT2D eigenvalue weighted by atomic mass is 10.1. The van der Waals surface area contributed by atoms with Crippen molar-refractivity contribution < 1.29 is 4.74 Å². The quantitative estimate of drug-likeness (QED) is 0.257. The molecule has 0 amide bonds. The van der Waals surface area contributed by atoms with Gasteiger partial charge in [0.05, 0.1) is 34.5 Å². The third kappa shape index (κ3) is 5.47. The van der Waals surface area contributed by atoms with Crippen molar-refractivity contribution >= 4 is 34.3 Å². The number of nitrogens with zero attached hydrogens (tertiary/aromatic N) is 6. The van der Waals surface area contributed by atoms with E-state index in [4.69, 9.17) is 21.3 Å². The number of anilines is 2. The largest absolute Gasteiger partial charge is 0.490 e. The molecule has 11 heteroatoms. The molecule has 2 N–H and O–H groups in total. The van der Waals surface area contributed by atoms with Crippen molar-refractivity contribution in [1.82, 2.24) is 34.4 Å². The van der Waals surface area contributed by atoms with Gasteiger partial charge in [-0.05, 0) is 81.1 Å². The summed E-state index contributed by atoms with van der Waals surface area (Å²) in [7, 11) is 1.91. The molecule has 1 aromatic carbocycles. The van der Waals surface area contributed by atoms with Crippen LogP contribution in [0, 0.1) is 5.92 Å². The predicted molar refractivity (Wildman–Crippen MR) is 163 cm³/mol. The minimum Gasteiger partial charge on any atom is -0.490 e. The topological polar surface area (TPSA) is 112 Å². The Morgan fingerprint density at radius 2 is 1.86 bits per heavy atom. The summed E-state index contributed by atoms with van der Waals surface area (Å²) in [5.74, 6) is 1.72. The Kier molecular flexibility index (Phi) is 7.09. The molecule has 1 aliphatic heterocycles. The van der Waals surface area contributed by atoms with Gasteiger partial charge >= 0.3 is 0 Å². The minimum absolute atomic E-state index is 0.166. The van der Waals surface area contributed by atoms with Gasteiger partial charge in [-0.25, -0.2) is 9.97 Å². The molecule has 5 aromatic rings. The molecule has 214 valence electrons. The lowest BCUT2D eigenvalue weighted by Gasteiger charge is -2.23. The molecule has 0 bridgehead atoms.